The van der Waals surface area contributed by atoms with Gasteiger partial charge in [0.25, 0.3) is 0 Å². The average Bonchev–Trinajstić information content (AvgIpc) is 2.46. The van der Waals surface area contributed by atoms with E-state index < -0.39 is 0 Å². The molecule has 0 amide bonds. The number of aromatic nitrogens is 2. The average molecular weight is 289 g/mol. The molecular formula is C11H17BrN2O2. The molecule has 0 saturated carbocycles. The molecule has 0 unspecified atom stereocenters. The summed E-state index contributed by atoms with van der Waals surface area (Å²) in [7, 11) is 3.50. The molecule has 1 heterocycles. The zero-order chi connectivity index (χ0) is 12.1. The van der Waals surface area contributed by atoms with Crippen LogP contribution in [0.4, 0.5) is 0 Å². The third kappa shape index (κ3) is 3.42. The molecule has 90 valence electrons. The van der Waals surface area contributed by atoms with E-state index in [1.54, 1.807) is 11.8 Å². The summed E-state index contributed by atoms with van der Waals surface area (Å²) >= 11 is 3.45. The molecule has 0 aliphatic carbocycles. The number of rotatable bonds is 6. The van der Waals surface area contributed by atoms with Crippen molar-refractivity contribution in [3.05, 3.63) is 15.9 Å². The minimum Gasteiger partial charge on any atom is -0.385 e. The number of carbonyl (C=O) groups excluding carboxylic acids is 1. The first-order valence-corrected chi connectivity index (χ1v) is 6.04. The number of aryl methyl sites for hydroxylation is 2. The van der Waals surface area contributed by atoms with Gasteiger partial charge in [-0.1, -0.05) is 0 Å². The molecule has 0 bridgehead atoms. The number of ketones is 1. The lowest BCUT2D eigenvalue weighted by molar-refractivity contribution is -0.118. The Hall–Kier alpha value is -0.680. The Bertz CT molecular complexity index is 374. The van der Waals surface area contributed by atoms with Crippen LogP contribution in [0.3, 0.4) is 0 Å². The highest BCUT2D eigenvalue weighted by atomic mass is 79.9. The summed E-state index contributed by atoms with van der Waals surface area (Å²) in [5.41, 5.74) is 1.86. The Balaban J connectivity index is 2.56. The van der Waals surface area contributed by atoms with E-state index in [9.17, 15) is 4.79 Å². The zero-order valence-corrected chi connectivity index (χ0v) is 11.5. The number of methoxy groups -OCH3 is 1. The van der Waals surface area contributed by atoms with Gasteiger partial charge in [-0.05, 0) is 29.3 Å². The minimum absolute atomic E-state index is 0.223. The SMILES string of the molecule is COCCCC(=O)Cc1c(Br)c(C)nn1C. The summed E-state index contributed by atoms with van der Waals surface area (Å²) in [6.07, 6.45) is 1.77. The fourth-order valence-electron chi connectivity index (χ4n) is 1.56. The quantitative estimate of drug-likeness (QED) is 0.753. The number of hydrogen-bond donors (Lipinski definition) is 0. The largest absolute Gasteiger partial charge is 0.385 e. The molecule has 5 heteroatoms. The fourth-order valence-corrected chi connectivity index (χ4v) is 2.04. The van der Waals surface area contributed by atoms with E-state index in [-0.39, 0.29) is 5.78 Å². The van der Waals surface area contributed by atoms with Crippen LogP contribution in [0.5, 0.6) is 0 Å². The molecule has 0 aliphatic rings. The van der Waals surface area contributed by atoms with Gasteiger partial charge >= 0.3 is 0 Å². The maximum atomic E-state index is 11.7. The molecule has 1 aromatic heterocycles. The molecule has 0 saturated heterocycles. The van der Waals surface area contributed by atoms with Crippen molar-refractivity contribution in [1.82, 2.24) is 9.78 Å². The van der Waals surface area contributed by atoms with Gasteiger partial charge in [-0.25, -0.2) is 0 Å². The summed E-state index contributed by atoms with van der Waals surface area (Å²) in [6.45, 7) is 2.56. The first kappa shape index (κ1) is 13.4. The summed E-state index contributed by atoms with van der Waals surface area (Å²) in [5, 5.41) is 4.25. The molecule has 0 aliphatic heterocycles. The Morgan fingerprint density at radius 1 is 1.56 bits per heavy atom. The van der Waals surface area contributed by atoms with E-state index in [1.807, 2.05) is 14.0 Å². The van der Waals surface area contributed by atoms with Crippen molar-refractivity contribution in [2.45, 2.75) is 26.2 Å². The van der Waals surface area contributed by atoms with Crippen LogP contribution in [0.15, 0.2) is 4.47 Å². The fraction of sp³-hybridized carbons (Fsp3) is 0.636. The van der Waals surface area contributed by atoms with Crippen molar-refractivity contribution in [3.63, 3.8) is 0 Å². The highest BCUT2D eigenvalue weighted by molar-refractivity contribution is 9.10. The van der Waals surface area contributed by atoms with Crippen LogP contribution in [0.1, 0.15) is 24.2 Å². The second-order valence-corrected chi connectivity index (χ2v) is 4.57. The Labute approximate surface area is 104 Å². The van der Waals surface area contributed by atoms with Crippen molar-refractivity contribution < 1.29 is 9.53 Å². The monoisotopic (exact) mass is 288 g/mol. The Morgan fingerprint density at radius 2 is 2.25 bits per heavy atom. The minimum atomic E-state index is 0.223. The van der Waals surface area contributed by atoms with Crippen LogP contribution < -0.4 is 0 Å². The molecule has 1 rings (SSSR count). The predicted octanol–water partition coefficient (Wildman–Crippen LogP) is 2.03. The summed E-state index contributed by atoms with van der Waals surface area (Å²) < 4.78 is 7.61. The van der Waals surface area contributed by atoms with Crippen LogP contribution in [0.25, 0.3) is 0 Å². The van der Waals surface area contributed by atoms with Gasteiger partial charge in [0.1, 0.15) is 5.78 Å². The lowest BCUT2D eigenvalue weighted by Crippen LogP contribution is -2.08. The highest BCUT2D eigenvalue weighted by Gasteiger charge is 2.13. The van der Waals surface area contributed by atoms with Crippen LogP contribution >= 0.6 is 15.9 Å². The first-order chi connectivity index (χ1) is 7.56. The predicted molar refractivity (Wildman–Crippen MR) is 65.5 cm³/mol. The number of hydrogen-bond acceptors (Lipinski definition) is 3. The summed E-state index contributed by atoms with van der Waals surface area (Å²) in [4.78, 5) is 11.7. The van der Waals surface area contributed by atoms with Gasteiger partial charge in [-0.2, -0.15) is 5.10 Å². The number of Topliss-reactive ketones (excluding diaryl/α,β-unsaturated/α-hetero) is 1. The van der Waals surface area contributed by atoms with Gasteiger partial charge in [0.15, 0.2) is 0 Å². The van der Waals surface area contributed by atoms with E-state index in [4.69, 9.17) is 4.74 Å². The molecule has 16 heavy (non-hydrogen) atoms. The molecule has 0 aromatic carbocycles. The third-order valence-electron chi connectivity index (χ3n) is 2.43. The second-order valence-electron chi connectivity index (χ2n) is 3.78. The molecule has 0 spiro atoms. The second kappa shape index (κ2) is 6.15. The van der Waals surface area contributed by atoms with Gasteiger partial charge < -0.3 is 4.74 Å². The van der Waals surface area contributed by atoms with E-state index >= 15 is 0 Å². The van der Waals surface area contributed by atoms with E-state index in [0.29, 0.717) is 19.4 Å². The zero-order valence-electron chi connectivity index (χ0n) is 9.92. The Kier molecular flexibility index (Phi) is 5.15. The number of ether oxygens (including phenoxy) is 1. The van der Waals surface area contributed by atoms with E-state index in [2.05, 4.69) is 21.0 Å². The van der Waals surface area contributed by atoms with E-state index in [0.717, 1.165) is 22.3 Å². The van der Waals surface area contributed by atoms with Crippen LogP contribution in [-0.4, -0.2) is 29.3 Å². The number of halogens is 1. The van der Waals surface area contributed by atoms with Crippen LogP contribution in [-0.2, 0) is 23.0 Å². The van der Waals surface area contributed by atoms with Gasteiger partial charge in [0.2, 0.25) is 0 Å². The smallest absolute Gasteiger partial charge is 0.138 e. The van der Waals surface area contributed by atoms with E-state index in [1.165, 1.54) is 0 Å². The molecule has 0 radical (unpaired) electrons. The van der Waals surface area contributed by atoms with Gasteiger partial charge in [-0.3, -0.25) is 9.48 Å². The molecule has 4 nitrogen and oxygen atoms in total. The Morgan fingerprint density at radius 3 is 2.75 bits per heavy atom. The standard InChI is InChI=1S/C11H17BrN2O2/c1-8-11(12)10(14(2)13-8)7-9(15)5-4-6-16-3/h4-7H2,1-3H3. The lowest BCUT2D eigenvalue weighted by atomic mass is 10.1. The molecule has 1 aromatic rings. The van der Waals surface area contributed by atoms with Crippen molar-refractivity contribution in [1.29, 1.82) is 0 Å². The first-order valence-electron chi connectivity index (χ1n) is 5.25. The molecule has 0 atom stereocenters. The van der Waals surface area contributed by atoms with Crippen molar-refractivity contribution in [2.24, 2.45) is 7.05 Å². The number of nitrogens with zero attached hydrogens (tertiary/aromatic N) is 2. The summed E-state index contributed by atoms with van der Waals surface area (Å²) in [6, 6.07) is 0. The molecule has 0 N–H and O–H groups in total. The van der Waals surface area contributed by atoms with Crippen molar-refractivity contribution in [3.8, 4) is 0 Å². The molecule has 0 fully saturated rings. The van der Waals surface area contributed by atoms with Gasteiger partial charge in [0, 0.05) is 33.6 Å². The summed E-state index contributed by atoms with van der Waals surface area (Å²) in [5.74, 6) is 0.223. The normalized spacial score (nSPS) is 10.8. The maximum absolute atomic E-state index is 11.7. The lowest BCUT2D eigenvalue weighted by Gasteiger charge is -2.02. The van der Waals surface area contributed by atoms with Crippen LogP contribution in [0, 0.1) is 6.92 Å². The number of carbonyl (C=O) groups is 1. The topological polar surface area (TPSA) is 44.1 Å². The maximum Gasteiger partial charge on any atom is 0.138 e. The highest BCUT2D eigenvalue weighted by Crippen LogP contribution is 2.21. The van der Waals surface area contributed by atoms with Crippen molar-refractivity contribution in [2.75, 3.05) is 13.7 Å². The molecular weight excluding hydrogens is 272 g/mol. The van der Waals surface area contributed by atoms with Gasteiger partial charge in [-0.15, -0.1) is 0 Å². The van der Waals surface area contributed by atoms with Crippen molar-refractivity contribution >= 4 is 21.7 Å². The third-order valence-corrected chi connectivity index (χ3v) is 3.46. The van der Waals surface area contributed by atoms with Crippen LogP contribution in [0.2, 0.25) is 0 Å². The van der Waals surface area contributed by atoms with Gasteiger partial charge in [0.05, 0.1) is 15.9 Å².